The first kappa shape index (κ1) is 14.5. The molecule has 0 radical (unpaired) electrons. The van der Waals surface area contributed by atoms with Crippen molar-refractivity contribution >= 4 is 27.9 Å². The number of rotatable bonds is 4. The fourth-order valence-corrected chi connectivity index (χ4v) is 2.86. The Balaban J connectivity index is 2.11. The van der Waals surface area contributed by atoms with Gasteiger partial charge in [-0.3, -0.25) is 9.69 Å². The maximum Gasteiger partial charge on any atom is 0.152 e. The summed E-state index contributed by atoms with van der Waals surface area (Å²) >= 11 is 3.39. The number of carbonyl (C=O) groups excluding carboxylic acids is 1. The van der Waals surface area contributed by atoms with E-state index in [2.05, 4.69) is 25.7 Å². The van der Waals surface area contributed by atoms with Crippen LogP contribution in [0.3, 0.4) is 0 Å². The van der Waals surface area contributed by atoms with Gasteiger partial charge in [-0.25, -0.2) is 0 Å². The van der Waals surface area contributed by atoms with E-state index in [0.29, 0.717) is 0 Å². The number of halogens is 1. The Hall–Kier alpha value is -0.910. The first-order chi connectivity index (χ1) is 9.24. The molecule has 1 N–H and O–H groups in total. The molecular formula is C14H19BrN2O2. The minimum Gasteiger partial charge on any atom is -0.395 e. The van der Waals surface area contributed by atoms with Crippen molar-refractivity contribution in [3.63, 3.8) is 0 Å². The number of aldehydes is 1. The Kier molecular flexibility index (Phi) is 5.36. The summed E-state index contributed by atoms with van der Waals surface area (Å²) in [6, 6.07) is 5.83. The third-order valence-corrected chi connectivity index (χ3v) is 3.96. The van der Waals surface area contributed by atoms with Gasteiger partial charge in [-0.15, -0.1) is 0 Å². The van der Waals surface area contributed by atoms with Crippen molar-refractivity contribution < 1.29 is 9.90 Å². The van der Waals surface area contributed by atoms with Crippen LogP contribution in [0.1, 0.15) is 16.8 Å². The van der Waals surface area contributed by atoms with Gasteiger partial charge in [-0.05, 0) is 31.2 Å². The highest BCUT2D eigenvalue weighted by Crippen LogP contribution is 2.24. The number of benzene rings is 1. The molecule has 0 unspecified atom stereocenters. The van der Waals surface area contributed by atoms with Gasteiger partial charge >= 0.3 is 0 Å². The molecule has 0 aromatic heterocycles. The molecule has 1 aliphatic heterocycles. The van der Waals surface area contributed by atoms with Crippen LogP contribution in [-0.2, 0) is 0 Å². The van der Waals surface area contributed by atoms with Crippen molar-refractivity contribution in [2.45, 2.75) is 6.42 Å². The van der Waals surface area contributed by atoms with Crippen LogP contribution in [0.2, 0.25) is 0 Å². The number of β-amino-alcohol motifs (C(OH)–C–C–N with tert-alkyl or cyclic N) is 1. The Bertz CT molecular complexity index is 439. The highest BCUT2D eigenvalue weighted by Gasteiger charge is 2.16. The highest BCUT2D eigenvalue weighted by molar-refractivity contribution is 9.10. The molecule has 2 rings (SSSR count). The Morgan fingerprint density at radius 2 is 2.11 bits per heavy atom. The molecule has 0 spiro atoms. The van der Waals surface area contributed by atoms with E-state index in [0.717, 1.165) is 61.2 Å². The molecule has 19 heavy (non-hydrogen) atoms. The monoisotopic (exact) mass is 326 g/mol. The van der Waals surface area contributed by atoms with E-state index in [9.17, 15) is 4.79 Å². The van der Waals surface area contributed by atoms with E-state index in [1.54, 1.807) is 0 Å². The molecule has 104 valence electrons. The topological polar surface area (TPSA) is 43.8 Å². The molecule has 1 heterocycles. The van der Waals surface area contributed by atoms with Crippen LogP contribution >= 0.6 is 15.9 Å². The van der Waals surface area contributed by atoms with E-state index < -0.39 is 0 Å². The van der Waals surface area contributed by atoms with Crippen LogP contribution in [0.25, 0.3) is 0 Å². The predicted octanol–water partition coefficient (Wildman–Crippen LogP) is 1.77. The molecule has 1 aromatic carbocycles. The number of aliphatic hydroxyl groups excluding tert-OH is 1. The van der Waals surface area contributed by atoms with Gasteiger partial charge in [0, 0.05) is 41.9 Å². The molecule has 1 aromatic rings. The van der Waals surface area contributed by atoms with Crippen molar-refractivity contribution in [1.29, 1.82) is 0 Å². The van der Waals surface area contributed by atoms with Crippen LogP contribution in [0.5, 0.6) is 0 Å². The summed E-state index contributed by atoms with van der Waals surface area (Å²) in [6.07, 6.45) is 1.96. The maximum atomic E-state index is 11.2. The van der Waals surface area contributed by atoms with E-state index in [1.807, 2.05) is 18.2 Å². The lowest BCUT2D eigenvalue weighted by molar-refractivity contribution is 0.112. The first-order valence-electron chi connectivity index (χ1n) is 6.57. The van der Waals surface area contributed by atoms with Gasteiger partial charge in [0.15, 0.2) is 6.29 Å². The standard InChI is InChI=1S/C14H19BrN2O2/c15-13-2-3-14(12(10-13)11-19)17-5-1-4-16(6-7-17)8-9-18/h2-3,10-11,18H,1,4-9H2. The van der Waals surface area contributed by atoms with Gasteiger partial charge in [0.2, 0.25) is 0 Å². The van der Waals surface area contributed by atoms with Crippen molar-refractivity contribution in [2.24, 2.45) is 0 Å². The zero-order valence-corrected chi connectivity index (χ0v) is 12.5. The summed E-state index contributed by atoms with van der Waals surface area (Å²) in [5.74, 6) is 0. The second kappa shape index (κ2) is 7.03. The summed E-state index contributed by atoms with van der Waals surface area (Å²) in [6.45, 7) is 4.71. The predicted molar refractivity (Wildman–Crippen MR) is 79.9 cm³/mol. The van der Waals surface area contributed by atoms with E-state index in [1.165, 1.54) is 0 Å². The lowest BCUT2D eigenvalue weighted by Crippen LogP contribution is -2.32. The summed E-state index contributed by atoms with van der Waals surface area (Å²) in [7, 11) is 0. The first-order valence-corrected chi connectivity index (χ1v) is 7.37. The SMILES string of the molecule is O=Cc1cc(Br)ccc1N1CCCN(CCO)CC1. The molecule has 0 saturated carbocycles. The van der Waals surface area contributed by atoms with E-state index in [4.69, 9.17) is 5.11 Å². The Labute approximate surface area is 122 Å². The van der Waals surface area contributed by atoms with Crippen molar-refractivity contribution in [1.82, 2.24) is 4.90 Å². The summed E-state index contributed by atoms with van der Waals surface area (Å²) in [5, 5.41) is 9.00. The smallest absolute Gasteiger partial charge is 0.152 e. The maximum absolute atomic E-state index is 11.2. The highest BCUT2D eigenvalue weighted by atomic mass is 79.9. The lowest BCUT2D eigenvalue weighted by atomic mass is 10.1. The van der Waals surface area contributed by atoms with Gasteiger partial charge < -0.3 is 10.0 Å². The minimum atomic E-state index is 0.206. The second-order valence-electron chi connectivity index (χ2n) is 4.73. The van der Waals surface area contributed by atoms with Crippen LogP contribution in [-0.4, -0.2) is 55.6 Å². The van der Waals surface area contributed by atoms with Crippen LogP contribution in [0, 0.1) is 0 Å². The van der Waals surface area contributed by atoms with E-state index in [-0.39, 0.29) is 6.61 Å². The number of carbonyl (C=O) groups is 1. The number of aliphatic hydroxyl groups is 1. The molecule has 0 aliphatic carbocycles. The minimum absolute atomic E-state index is 0.206. The van der Waals surface area contributed by atoms with Gasteiger partial charge in [0.05, 0.1) is 6.61 Å². The van der Waals surface area contributed by atoms with Crippen molar-refractivity contribution in [3.05, 3.63) is 28.2 Å². The molecule has 1 aliphatic rings. The van der Waals surface area contributed by atoms with Crippen LogP contribution in [0.4, 0.5) is 5.69 Å². The molecule has 0 atom stereocenters. The summed E-state index contributed by atoms with van der Waals surface area (Å²) in [5.41, 5.74) is 1.73. The normalized spacial score (nSPS) is 17.3. The zero-order chi connectivity index (χ0) is 13.7. The Morgan fingerprint density at radius 3 is 2.84 bits per heavy atom. The lowest BCUT2D eigenvalue weighted by Gasteiger charge is -2.24. The van der Waals surface area contributed by atoms with Gasteiger partial charge in [-0.1, -0.05) is 15.9 Å². The average molecular weight is 327 g/mol. The number of anilines is 1. The molecule has 5 heteroatoms. The number of hydrogen-bond donors (Lipinski definition) is 1. The third-order valence-electron chi connectivity index (χ3n) is 3.46. The average Bonchev–Trinajstić information content (AvgIpc) is 2.65. The largest absolute Gasteiger partial charge is 0.395 e. The van der Waals surface area contributed by atoms with Crippen LogP contribution < -0.4 is 4.90 Å². The Morgan fingerprint density at radius 1 is 1.26 bits per heavy atom. The van der Waals surface area contributed by atoms with Gasteiger partial charge in [0.1, 0.15) is 0 Å². The summed E-state index contributed by atoms with van der Waals surface area (Å²) in [4.78, 5) is 15.7. The van der Waals surface area contributed by atoms with Crippen LogP contribution in [0.15, 0.2) is 22.7 Å². The van der Waals surface area contributed by atoms with Gasteiger partial charge in [-0.2, -0.15) is 0 Å². The third kappa shape index (κ3) is 3.78. The fraction of sp³-hybridized carbons (Fsp3) is 0.500. The number of nitrogens with zero attached hydrogens (tertiary/aromatic N) is 2. The molecule has 0 bridgehead atoms. The summed E-state index contributed by atoms with van der Waals surface area (Å²) < 4.78 is 0.926. The second-order valence-corrected chi connectivity index (χ2v) is 5.64. The van der Waals surface area contributed by atoms with Crippen molar-refractivity contribution in [2.75, 3.05) is 44.2 Å². The molecular weight excluding hydrogens is 308 g/mol. The quantitative estimate of drug-likeness (QED) is 0.856. The van der Waals surface area contributed by atoms with Gasteiger partial charge in [0.25, 0.3) is 0 Å². The molecule has 1 saturated heterocycles. The zero-order valence-electron chi connectivity index (χ0n) is 10.9. The van der Waals surface area contributed by atoms with E-state index >= 15 is 0 Å². The molecule has 1 fully saturated rings. The molecule has 0 amide bonds. The molecule has 4 nitrogen and oxygen atoms in total. The van der Waals surface area contributed by atoms with Crippen molar-refractivity contribution in [3.8, 4) is 0 Å². The fourth-order valence-electron chi connectivity index (χ4n) is 2.48. The number of hydrogen-bond acceptors (Lipinski definition) is 4.